The molecule has 0 saturated heterocycles. The average molecular weight is 619 g/mol. The van der Waals surface area contributed by atoms with Crippen LogP contribution < -0.4 is 16.0 Å². The van der Waals surface area contributed by atoms with Crippen molar-refractivity contribution in [2.75, 3.05) is 10.6 Å². The second-order valence-electron chi connectivity index (χ2n) is 8.67. The number of benzene rings is 4. The fourth-order valence-corrected chi connectivity index (χ4v) is 4.84. The maximum atomic E-state index is 13.2. The highest BCUT2D eigenvalue weighted by atomic mass is 79.9. The largest absolute Gasteiger partial charge is 0.325 e. The Bertz CT molecular complexity index is 1530. The van der Waals surface area contributed by atoms with Gasteiger partial charge < -0.3 is 16.0 Å². The van der Waals surface area contributed by atoms with Gasteiger partial charge in [0.1, 0.15) is 11.5 Å². The molecule has 1 atom stereocenters. The Morgan fingerprint density at radius 1 is 0.825 bits per heavy atom. The summed E-state index contributed by atoms with van der Waals surface area (Å²) in [4.78, 5) is 39.4. The summed E-state index contributed by atoms with van der Waals surface area (Å²) in [5.74, 6) is -1.49. The Morgan fingerprint density at radius 2 is 1.48 bits per heavy atom. The van der Waals surface area contributed by atoms with Gasteiger partial charge in [0, 0.05) is 26.3 Å². The Balaban J connectivity index is 1.42. The van der Waals surface area contributed by atoms with Gasteiger partial charge in [-0.1, -0.05) is 46.3 Å². The van der Waals surface area contributed by atoms with Crippen molar-refractivity contribution < 1.29 is 18.8 Å². The van der Waals surface area contributed by atoms with Gasteiger partial charge in [-0.2, -0.15) is 0 Å². The molecular weight excluding hydrogens is 593 g/mol. The molecule has 0 aliphatic heterocycles. The minimum absolute atomic E-state index is 0.0801. The Kier molecular flexibility index (Phi) is 9.88. The van der Waals surface area contributed by atoms with E-state index in [0.29, 0.717) is 16.9 Å². The van der Waals surface area contributed by atoms with Gasteiger partial charge in [0.05, 0.1) is 5.25 Å². The van der Waals surface area contributed by atoms with Gasteiger partial charge in [0.25, 0.3) is 11.8 Å². The van der Waals surface area contributed by atoms with Gasteiger partial charge in [0.15, 0.2) is 0 Å². The highest BCUT2D eigenvalue weighted by molar-refractivity contribution is 9.10. The molecule has 0 aromatic heterocycles. The van der Waals surface area contributed by atoms with Crippen molar-refractivity contribution in [3.05, 3.63) is 130 Å². The summed E-state index contributed by atoms with van der Waals surface area (Å²) in [7, 11) is 0. The summed E-state index contributed by atoms with van der Waals surface area (Å²) in [6.45, 7) is 1.77. The first-order chi connectivity index (χ1) is 19.3. The summed E-state index contributed by atoms with van der Waals surface area (Å²) in [5.41, 5.74) is 2.27. The number of carbonyl (C=O) groups excluding carboxylic acids is 3. The van der Waals surface area contributed by atoms with Crippen LogP contribution in [0, 0.1) is 5.82 Å². The van der Waals surface area contributed by atoms with Crippen LogP contribution >= 0.6 is 27.7 Å². The number of halogens is 2. The average Bonchev–Trinajstić information content (AvgIpc) is 2.95. The lowest BCUT2D eigenvalue weighted by atomic mass is 10.1. The van der Waals surface area contributed by atoms with E-state index in [2.05, 4.69) is 31.9 Å². The standard InChI is InChI=1S/C31H25BrFN3O3S/c1-20(29(37)34-25-12-10-24(33)11-13-25)40-27-16-14-26(15-17-27)35-31(39)28(19-21-6-5-9-23(32)18-21)36-30(38)22-7-3-2-4-8-22/h2-20H,1H3,(H,34,37)(H,35,39)(H,36,38)/b28-19-. The molecule has 0 radical (unpaired) electrons. The van der Waals surface area contributed by atoms with Gasteiger partial charge in [-0.05, 0) is 91.4 Å². The third-order valence-electron chi connectivity index (χ3n) is 5.59. The predicted molar refractivity (Wildman–Crippen MR) is 161 cm³/mol. The number of anilines is 2. The summed E-state index contributed by atoms with van der Waals surface area (Å²) >= 11 is 4.77. The van der Waals surface area contributed by atoms with E-state index < -0.39 is 17.1 Å². The Morgan fingerprint density at radius 3 is 2.15 bits per heavy atom. The van der Waals surface area contributed by atoms with E-state index >= 15 is 0 Å². The van der Waals surface area contributed by atoms with Crippen molar-refractivity contribution in [1.82, 2.24) is 5.32 Å². The summed E-state index contributed by atoms with van der Waals surface area (Å²) in [5, 5.41) is 7.89. The van der Waals surface area contributed by atoms with Crippen molar-refractivity contribution in [2.45, 2.75) is 17.1 Å². The van der Waals surface area contributed by atoms with Crippen molar-refractivity contribution >= 4 is 62.9 Å². The van der Waals surface area contributed by atoms with Crippen LogP contribution in [0.15, 0.2) is 118 Å². The van der Waals surface area contributed by atoms with Crippen molar-refractivity contribution in [3.8, 4) is 0 Å². The van der Waals surface area contributed by atoms with E-state index in [9.17, 15) is 18.8 Å². The molecule has 1 unspecified atom stereocenters. The van der Waals surface area contributed by atoms with Crippen LogP contribution in [0.3, 0.4) is 0 Å². The van der Waals surface area contributed by atoms with E-state index in [1.54, 1.807) is 61.5 Å². The highest BCUT2D eigenvalue weighted by Crippen LogP contribution is 2.26. The van der Waals surface area contributed by atoms with Gasteiger partial charge in [-0.3, -0.25) is 14.4 Å². The van der Waals surface area contributed by atoms with Crippen LogP contribution in [-0.4, -0.2) is 23.0 Å². The highest BCUT2D eigenvalue weighted by Gasteiger charge is 2.17. The lowest BCUT2D eigenvalue weighted by molar-refractivity contribution is -0.115. The van der Waals surface area contributed by atoms with Crippen LogP contribution in [0.1, 0.15) is 22.8 Å². The summed E-state index contributed by atoms with van der Waals surface area (Å²) in [6.07, 6.45) is 1.60. The minimum Gasteiger partial charge on any atom is -0.325 e. The number of rotatable bonds is 9. The minimum atomic E-state index is -0.489. The second-order valence-corrected chi connectivity index (χ2v) is 11.0. The number of carbonyl (C=O) groups is 3. The monoisotopic (exact) mass is 617 g/mol. The molecule has 4 aromatic rings. The van der Waals surface area contributed by atoms with Gasteiger partial charge in [-0.15, -0.1) is 11.8 Å². The van der Waals surface area contributed by atoms with E-state index in [-0.39, 0.29) is 17.4 Å². The van der Waals surface area contributed by atoms with E-state index in [4.69, 9.17) is 0 Å². The molecule has 202 valence electrons. The lowest BCUT2D eigenvalue weighted by Gasteiger charge is -2.13. The van der Waals surface area contributed by atoms with E-state index in [1.165, 1.54) is 36.0 Å². The first-order valence-corrected chi connectivity index (χ1v) is 13.9. The summed E-state index contributed by atoms with van der Waals surface area (Å²) in [6, 6.07) is 28.6. The molecule has 9 heteroatoms. The van der Waals surface area contributed by atoms with Gasteiger partial charge >= 0.3 is 0 Å². The first kappa shape index (κ1) is 28.8. The maximum Gasteiger partial charge on any atom is 0.272 e. The molecular formula is C31H25BrFN3O3S. The fraction of sp³-hybridized carbons (Fsp3) is 0.0645. The molecule has 40 heavy (non-hydrogen) atoms. The third kappa shape index (κ3) is 8.39. The van der Waals surface area contributed by atoms with E-state index in [1.807, 2.05) is 30.3 Å². The molecule has 6 nitrogen and oxygen atoms in total. The third-order valence-corrected chi connectivity index (χ3v) is 7.20. The van der Waals surface area contributed by atoms with Gasteiger partial charge in [-0.25, -0.2) is 4.39 Å². The van der Waals surface area contributed by atoms with Crippen LogP contribution in [0.2, 0.25) is 0 Å². The molecule has 0 bridgehead atoms. The zero-order chi connectivity index (χ0) is 28.5. The lowest BCUT2D eigenvalue weighted by Crippen LogP contribution is -2.30. The van der Waals surface area contributed by atoms with E-state index in [0.717, 1.165) is 14.9 Å². The van der Waals surface area contributed by atoms with Crippen LogP contribution in [0.4, 0.5) is 15.8 Å². The number of nitrogens with one attached hydrogen (secondary N) is 3. The molecule has 3 N–H and O–H groups in total. The van der Waals surface area contributed by atoms with Crippen LogP contribution in [-0.2, 0) is 9.59 Å². The molecule has 0 heterocycles. The van der Waals surface area contributed by atoms with Crippen LogP contribution in [0.25, 0.3) is 6.08 Å². The Hall–Kier alpha value is -4.21. The smallest absolute Gasteiger partial charge is 0.272 e. The number of thioether (sulfide) groups is 1. The van der Waals surface area contributed by atoms with Crippen molar-refractivity contribution in [1.29, 1.82) is 0 Å². The fourth-order valence-electron chi connectivity index (χ4n) is 3.56. The number of hydrogen-bond donors (Lipinski definition) is 3. The molecule has 0 saturated carbocycles. The molecule has 0 fully saturated rings. The zero-order valence-corrected chi connectivity index (χ0v) is 23.8. The van der Waals surface area contributed by atoms with Gasteiger partial charge in [0.2, 0.25) is 5.91 Å². The zero-order valence-electron chi connectivity index (χ0n) is 21.4. The number of hydrogen-bond acceptors (Lipinski definition) is 4. The SMILES string of the molecule is CC(Sc1ccc(NC(=O)/C(=C/c2cccc(Br)c2)NC(=O)c2ccccc2)cc1)C(=O)Nc1ccc(F)cc1. The second kappa shape index (κ2) is 13.7. The van der Waals surface area contributed by atoms with Crippen molar-refractivity contribution in [2.24, 2.45) is 0 Å². The first-order valence-electron chi connectivity index (χ1n) is 12.2. The Labute approximate surface area is 244 Å². The predicted octanol–water partition coefficient (Wildman–Crippen LogP) is 7.12. The molecule has 0 spiro atoms. The quantitative estimate of drug-likeness (QED) is 0.138. The normalized spacial score (nSPS) is 11.8. The molecule has 3 amide bonds. The number of amides is 3. The molecule has 4 rings (SSSR count). The molecule has 4 aromatic carbocycles. The van der Waals surface area contributed by atoms with Crippen LogP contribution in [0.5, 0.6) is 0 Å². The molecule has 0 aliphatic carbocycles. The summed E-state index contributed by atoms with van der Waals surface area (Å²) < 4.78 is 13.9. The molecule has 0 aliphatic rings. The van der Waals surface area contributed by atoms with Crippen molar-refractivity contribution in [3.63, 3.8) is 0 Å². The maximum absolute atomic E-state index is 13.2. The topological polar surface area (TPSA) is 87.3 Å².